The third kappa shape index (κ3) is 3.61. The van der Waals surface area contributed by atoms with Crippen LogP contribution in [0.2, 0.25) is 5.15 Å². The summed E-state index contributed by atoms with van der Waals surface area (Å²) in [4.78, 5) is 2.22. The highest BCUT2D eigenvalue weighted by molar-refractivity contribution is 6.99. The van der Waals surface area contributed by atoms with Crippen molar-refractivity contribution in [3.63, 3.8) is 0 Å². The van der Waals surface area contributed by atoms with Crippen LogP contribution in [0.15, 0.2) is 0 Å². The summed E-state index contributed by atoms with van der Waals surface area (Å²) >= 11 is 7.16. The van der Waals surface area contributed by atoms with Gasteiger partial charge in [0.1, 0.15) is 0 Å². The maximum Gasteiger partial charge on any atom is 0.187 e. The molecule has 86 valence electrons. The molecule has 0 unspecified atom stereocenters. The highest BCUT2D eigenvalue weighted by Crippen LogP contribution is 2.24. The van der Waals surface area contributed by atoms with Crippen molar-refractivity contribution >= 4 is 29.1 Å². The van der Waals surface area contributed by atoms with E-state index in [9.17, 15) is 0 Å². The van der Waals surface area contributed by atoms with Crippen LogP contribution in [-0.4, -0.2) is 21.3 Å². The number of unbranched alkanes of at least 4 members (excludes halogenated alkanes) is 2. The van der Waals surface area contributed by atoms with Crippen LogP contribution >= 0.6 is 23.3 Å². The van der Waals surface area contributed by atoms with Crippen LogP contribution < -0.4 is 4.90 Å². The van der Waals surface area contributed by atoms with Crippen LogP contribution in [0, 0.1) is 0 Å². The molecule has 0 atom stereocenters. The Bertz CT molecular complexity index is 288. The van der Waals surface area contributed by atoms with E-state index in [2.05, 4.69) is 34.4 Å². The van der Waals surface area contributed by atoms with E-state index in [1.165, 1.54) is 31.0 Å². The lowest BCUT2D eigenvalue weighted by Gasteiger charge is -2.26. The minimum absolute atomic E-state index is 0.420. The lowest BCUT2D eigenvalue weighted by Crippen LogP contribution is -2.32. The van der Waals surface area contributed by atoms with E-state index in [4.69, 9.17) is 11.6 Å². The van der Waals surface area contributed by atoms with E-state index in [0.717, 1.165) is 12.4 Å². The minimum atomic E-state index is 0.420. The molecule has 1 rings (SSSR count). The minimum Gasteiger partial charge on any atom is -0.351 e. The Morgan fingerprint density at radius 1 is 1.33 bits per heavy atom. The summed E-state index contributed by atoms with van der Waals surface area (Å²) in [6.45, 7) is 7.52. The van der Waals surface area contributed by atoms with Crippen LogP contribution in [0.5, 0.6) is 0 Å². The van der Waals surface area contributed by atoms with Gasteiger partial charge in [0.25, 0.3) is 0 Å². The smallest absolute Gasteiger partial charge is 0.187 e. The van der Waals surface area contributed by atoms with Crippen molar-refractivity contribution in [2.75, 3.05) is 11.4 Å². The first-order chi connectivity index (χ1) is 7.16. The van der Waals surface area contributed by atoms with Crippen molar-refractivity contribution in [2.24, 2.45) is 0 Å². The average Bonchev–Trinajstić information content (AvgIpc) is 2.59. The molecule has 15 heavy (non-hydrogen) atoms. The molecule has 1 aromatic heterocycles. The molecule has 0 aliphatic heterocycles. The molecule has 0 saturated heterocycles. The van der Waals surface area contributed by atoms with Crippen molar-refractivity contribution in [1.82, 2.24) is 8.75 Å². The second-order valence-corrected chi connectivity index (χ2v) is 4.76. The summed E-state index contributed by atoms with van der Waals surface area (Å²) in [6, 6.07) is 0.420. The highest BCUT2D eigenvalue weighted by Gasteiger charge is 2.16. The molecule has 0 radical (unpaired) electrons. The molecule has 1 aromatic rings. The van der Waals surface area contributed by atoms with Gasteiger partial charge in [-0.1, -0.05) is 31.4 Å². The largest absolute Gasteiger partial charge is 0.351 e. The topological polar surface area (TPSA) is 29.0 Å². The van der Waals surface area contributed by atoms with Gasteiger partial charge in [0.05, 0.1) is 11.7 Å². The molecule has 0 spiro atoms. The molecule has 0 fully saturated rings. The highest BCUT2D eigenvalue weighted by atomic mass is 35.5. The molecule has 0 saturated carbocycles. The van der Waals surface area contributed by atoms with Crippen LogP contribution in [0.3, 0.4) is 0 Å². The van der Waals surface area contributed by atoms with E-state index in [0.29, 0.717) is 11.2 Å². The Morgan fingerprint density at radius 2 is 2.07 bits per heavy atom. The van der Waals surface area contributed by atoms with E-state index < -0.39 is 0 Å². The number of hydrogen-bond acceptors (Lipinski definition) is 4. The average molecular weight is 248 g/mol. The summed E-state index contributed by atoms with van der Waals surface area (Å²) in [7, 11) is 0. The zero-order valence-corrected chi connectivity index (χ0v) is 11.1. The first kappa shape index (κ1) is 12.7. The first-order valence-corrected chi connectivity index (χ1v) is 6.52. The van der Waals surface area contributed by atoms with Crippen LogP contribution in [-0.2, 0) is 0 Å². The van der Waals surface area contributed by atoms with Crippen LogP contribution in [0.25, 0.3) is 0 Å². The monoisotopic (exact) mass is 247 g/mol. The molecule has 0 amide bonds. The van der Waals surface area contributed by atoms with Crippen molar-refractivity contribution < 1.29 is 0 Å². The second-order valence-electron chi connectivity index (χ2n) is 3.87. The van der Waals surface area contributed by atoms with Gasteiger partial charge in [-0.05, 0) is 20.3 Å². The molecule has 0 N–H and O–H groups in total. The molecular weight excluding hydrogens is 230 g/mol. The molecule has 1 heterocycles. The van der Waals surface area contributed by atoms with Gasteiger partial charge in [-0.15, -0.1) is 0 Å². The number of nitrogens with zero attached hydrogens (tertiary/aromatic N) is 3. The van der Waals surface area contributed by atoms with Gasteiger partial charge in [-0.2, -0.15) is 8.75 Å². The number of aromatic nitrogens is 2. The molecule has 0 aliphatic carbocycles. The maximum absolute atomic E-state index is 5.99. The standard InChI is InChI=1S/C10H18ClN3S/c1-4-5-6-7-14(8(2)3)10-9(11)12-15-13-10/h8H,4-7H2,1-3H3. The summed E-state index contributed by atoms with van der Waals surface area (Å²) in [5.74, 6) is 0.841. The van der Waals surface area contributed by atoms with Gasteiger partial charge >= 0.3 is 0 Å². The summed E-state index contributed by atoms with van der Waals surface area (Å²) in [5.41, 5.74) is 0. The third-order valence-electron chi connectivity index (χ3n) is 2.33. The fourth-order valence-electron chi connectivity index (χ4n) is 1.49. The van der Waals surface area contributed by atoms with Gasteiger partial charge in [-0.25, -0.2) is 0 Å². The number of hydrogen-bond donors (Lipinski definition) is 0. The van der Waals surface area contributed by atoms with Gasteiger partial charge in [0.15, 0.2) is 11.0 Å². The Morgan fingerprint density at radius 3 is 2.53 bits per heavy atom. The SMILES string of the molecule is CCCCCN(c1nsnc1Cl)C(C)C. The zero-order chi connectivity index (χ0) is 11.3. The number of rotatable bonds is 6. The predicted octanol–water partition coefficient (Wildman–Crippen LogP) is 3.60. The van der Waals surface area contributed by atoms with Crippen molar-refractivity contribution in [2.45, 2.75) is 46.1 Å². The summed E-state index contributed by atoms with van der Waals surface area (Å²) in [5, 5.41) is 0.533. The van der Waals surface area contributed by atoms with Gasteiger partial charge < -0.3 is 4.90 Å². The molecule has 0 bridgehead atoms. The van der Waals surface area contributed by atoms with E-state index in [1.807, 2.05) is 0 Å². The van der Waals surface area contributed by atoms with Crippen molar-refractivity contribution in [1.29, 1.82) is 0 Å². The Hall–Kier alpha value is -0.350. The molecule has 5 heteroatoms. The van der Waals surface area contributed by atoms with E-state index in [-0.39, 0.29) is 0 Å². The van der Waals surface area contributed by atoms with Gasteiger partial charge in [-0.3, -0.25) is 0 Å². The van der Waals surface area contributed by atoms with Crippen molar-refractivity contribution in [3.8, 4) is 0 Å². The Balaban J connectivity index is 2.62. The molecular formula is C10H18ClN3S. The van der Waals surface area contributed by atoms with Crippen LogP contribution in [0.1, 0.15) is 40.0 Å². The number of anilines is 1. The molecule has 3 nitrogen and oxygen atoms in total. The van der Waals surface area contributed by atoms with Gasteiger partial charge in [0, 0.05) is 12.6 Å². The Labute approximate surface area is 101 Å². The third-order valence-corrected chi connectivity index (χ3v) is 3.20. The van der Waals surface area contributed by atoms with Crippen molar-refractivity contribution in [3.05, 3.63) is 5.15 Å². The van der Waals surface area contributed by atoms with Gasteiger partial charge in [0.2, 0.25) is 0 Å². The second kappa shape index (κ2) is 6.28. The fraction of sp³-hybridized carbons (Fsp3) is 0.800. The fourth-order valence-corrected chi connectivity index (χ4v) is 2.24. The number of halogens is 1. The first-order valence-electron chi connectivity index (χ1n) is 5.41. The Kier molecular flexibility index (Phi) is 5.32. The van der Waals surface area contributed by atoms with E-state index in [1.54, 1.807) is 0 Å². The molecule has 0 aliphatic rings. The lowest BCUT2D eigenvalue weighted by molar-refractivity contribution is 0.622. The van der Waals surface area contributed by atoms with Crippen LogP contribution in [0.4, 0.5) is 5.82 Å². The summed E-state index contributed by atoms with van der Waals surface area (Å²) in [6.07, 6.45) is 3.66. The summed E-state index contributed by atoms with van der Waals surface area (Å²) < 4.78 is 8.24. The zero-order valence-electron chi connectivity index (χ0n) is 9.53. The quantitative estimate of drug-likeness (QED) is 0.720. The molecule has 0 aromatic carbocycles. The predicted molar refractivity (Wildman–Crippen MR) is 66.9 cm³/mol. The van der Waals surface area contributed by atoms with E-state index >= 15 is 0 Å². The normalized spacial score (nSPS) is 11.0. The lowest BCUT2D eigenvalue weighted by atomic mass is 10.2. The maximum atomic E-state index is 5.99.